The molecule has 0 aliphatic rings. The van der Waals surface area contributed by atoms with E-state index in [1.54, 1.807) is 31.4 Å². The van der Waals surface area contributed by atoms with E-state index in [2.05, 4.69) is 97.1 Å². The highest BCUT2D eigenvalue weighted by Crippen LogP contribution is 2.44. The fourth-order valence-corrected chi connectivity index (χ4v) is 6.41. The van der Waals surface area contributed by atoms with Gasteiger partial charge in [0.15, 0.2) is 0 Å². The lowest BCUT2D eigenvalue weighted by atomic mass is 10.1. The van der Waals surface area contributed by atoms with E-state index in [1.165, 1.54) is 32.0 Å². The molecular formula is C24H18S3. The van der Waals surface area contributed by atoms with Crippen LogP contribution in [0.2, 0.25) is 0 Å². The lowest BCUT2D eigenvalue weighted by Crippen LogP contribution is -1.77. The average molecular weight is 403 g/mol. The van der Waals surface area contributed by atoms with Crippen molar-refractivity contribution in [1.29, 1.82) is 0 Å². The zero-order chi connectivity index (χ0) is 18.3. The summed E-state index contributed by atoms with van der Waals surface area (Å²) in [6.45, 7) is 0. The van der Waals surface area contributed by atoms with Gasteiger partial charge in [-0.25, -0.2) is 0 Å². The molecule has 0 saturated carbocycles. The van der Waals surface area contributed by atoms with Crippen LogP contribution < -0.4 is 0 Å². The molecule has 3 heteroatoms. The van der Waals surface area contributed by atoms with Gasteiger partial charge in [-0.1, -0.05) is 84.9 Å². The molecular weight excluding hydrogens is 384 g/mol. The Labute approximate surface area is 172 Å². The second-order valence-corrected chi connectivity index (χ2v) is 10.1. The van der Waals surface area contributed by atoms with E-state index in [4.69, 9.17) is 0 Å². The summed E-state index contributed by atoms with van der Waals surface area (Å²) < 4.78 is 0. The average Bonchev–Trinajstić information content (AvgIpc) is 2.76. The van der Waals surface area contributed by atoms with E-state index < -0.39 is 0 Å². The topological polar surface area (TPSA) is 0 Å². The van der Waals surface area contributed by atoms with Crippen LogP contribution in [0.15, 0.2) is 119 Å². The first-order chi connectivity index (χ1) is 13.4. The molecule has 4 aromatic carbocycles. The van der Waals surface area contributed by atoms with Crippen LogP contribution in [-0.2, 0) is 0 Å². The van der Waals surface area contributed by atoms with Gasteiger partial charge in [0.05, 0.1) is 0 Å². The van der Waals surface area contributed by atoms with Crippen molar-refractivity contribution in [2.45, 2.75) is 9.79 Å². The Hall–Kier alpha value is -2.07. The normalized spacial score (nSPS) is 10.7. The van der Waals surface area contributed by atoms with Crippen molar-refractivity contribution in [1.82, 2.24) is 0 Å². The van der Waals surface area contributed by atoms with Crippen molar-refractivity contribution < 1.29 is 0 Å². The maximum absolute atomic E-state index is 2.19. The van der Waals surface area contributed by atoms with Crippen molar-refractivity contribution in [3.05, 3.63) is 109 Å². The zero-order valence-corrected chi connectivity index (χ0v) is 17.1. The minimum Gasteiger partial charge on any atom is -0.0622 e. The Balaban J connectivity index is 1.32. The van der Waals surface area contributed by atoms with Crippen LogP contribution in [0.25, 0.3) is 22.3 Å². The molecule has 0 amide bonds. The highest BCUT2D eigenvalue weighted by molar-refractivity contribution is 9.09. The van der Waals surface area contributed by atoms with Crippen LogP contribution in [-0.4, -0.2) is 0 Å². The zero-order valence-electron chi connectivity index (χ0n) is 14.6. The molecule has 27 heavy (non-hydrogen) atoms. The maximum atomic E-state index is 2.19. The van der Waals surface area contributed by atoms with Gasteiger partial charge in [-0.2, -0.15) is 0 Å². The molecule has 0 bridgehead atoms. The predicted octanol–water partition coefficient (Wildman–Crippen LogP) is 8.47. The van der Waals surface area contributed by atoms with Crippen LogP contribution in [0, 0.1) is 0 Å². The molecule has 0 aliphatic carbocycles. The summed E-state index contributed by atoms with van der Waals surface area (Å²) in [5.41, 5.74) is 5.03. The highest BCUT2D eigenvalue weighted by Gasteiger charge is 2.02. The maximum Gasteiger partial charge on any atom is 0.0191 e. The molecule has 0 unspecified atom stereocenters. The van der Waals surface area contributed by atoms with Gasteiger partial charge in [-0.3, -0.25) is 0 Å². The van der Waals surface area contributed by atoms with E-state index >= 15 is 0 Å². The van der Waals surface area contributed by atoms with Crippen molar-refractivity contribution in [3.63, 3.8) is 0 Å². The fraction of sp³-hybridized carbons (Fsp3) is 0. The minimum atomic E-state index is 1.26. The Bertz CT molecular complexity index is 881. The third-order valence-corrected chi connectivity index (χ3v) is 8.04. The quantitative estimate of drug-likeness (QED) is 0.297. The molecule has 4 rings (SSSR count). The first kappa shape index (κ1) is 18.3. The summed E-state index contributed by atoms with van der Waals surface area (Å²) in [6, 6.07) is 38.5. The molecule has 0 aliphatic heterocycles. The Morgan fingerprint density at radius 3 is 1.04 bits per heavy atom. The van der Waals surface area contributed by atoms with E-state index in [-0.39, 0.29) is 0 Å². The van der Waals surface area contributed by atoms with Gasteiger partial charge in [0, 0.05) is 9.79 Å². The second kappa shape index (κ2) is 9.23. The van der Waals surface area contributed by atoms with Crippen LogP contribution in [0.4, 0.5) is 0 Å². The smallest absolute Gasteiger partial charge is 0.0191 e. The second-order valence-electron chi connectivity index (χ2n) is 6.02. The molecule has 4 aromatic rings. The molecule has 0 spiro atoms. The van der Waals surface area contributed by atoms with Crippen LogP contribution in [0.3, 0.4) is 0 Å². The molecule has 132 valence electrons. The predicted molar refractivity (Wildman–Crippen MR) is 123 cm³/mol. The van der Waals surface area contributed by atoms with Crippen LogP contribution in [0.1, 0.15) is 0 Å². The minimum absolute atomic E-state index is 1.26. The van der Waals surface area contributed by atoms with Crippen molar-refractivity contribution >= 4 is 31.4 Å². The molecule has 0 atom stereocenters. The van der Waals surface area contributed by atoms with Gasteiger partial charge in [0.1, 0.15) is 0 Å². The number of hydrogen-bond donors (Lipinski definition) is 0. The monoisotopic (exact) mass is 402 g/mol. The molecule has 0 fully saturated rings. The number of benzene rings is 4. The molecule has 0 nitrogen and oxygen atoms in total. The van der Waals surface area contributed by atoms with Crippen LogP contribution in [0.5, 0.6) is 0 Å². The molecule has 0 N–H and O–H groups in total. The molecule has 0 heterocycles. The summed E-state index contributed by atoms with van der Waals surface area (Å²) in [7, 11) is 5.39. The van der Waals surface area contributed by atoms with Crippen molar-refractivity contribution in [2.75, 3.05) is 0 Å². The van der Waals surface area contributed by atoms with E-state index in [0.717, 1.165) is 0 Å². The third-order valence-electron chi connectivity index (χ3n) is 4.18. The molecule has 0 saturated heterocycles. The van der Waals surface area contributed by atoms with E-state index in [0.29, 0.717) is 0 Å². The van der Waals surface area contributed by atoms with Gasteiger partial charge in [0.25, 0.3) is 0 Å². The Kier molecular flexibility index (Phi) is 6.25. The molecule has 0 aromatic heterocycles. The number of hydrogen-bond acceptors (Lipinski definition) is 3. The summed E-state index contributed by atoms with van der Waals surface area (Å²) in [4.78, 5) is 2.54. The van der Waals surface area contributed by atoms with Crippen molar-refractivity contribution in [3.8, 4) is 22.3 Å². The largest absolute Gasteiger partial charge is 0.0622 e. The summed E-state index contributed by atoms with van der Waals surface area (Å²) >= 11 is 0. The third kappa shape index (κ3) is 5.01. The van der Waals surface area contributed by atoms with Gasteiger partial charge >= 0.3 is 0 Å². The Morgan fingerprint density at radius 1 is 0.333 bits per heavy atom. The lowest BCUT2D eigenvalue weighted by molar-refractivity contribution is 1.47. The van der Waals surface area contributed by atoms with Crippen molar-refractivity contribution in [2.24, 2.45) is 0 Å². The van der Waals surface area contributed by atoms with Gasteiger partial charge in [-0.15, -0.1) is 0 Å². The SMILES string of the molecule is c1ccc(-c2ccc(SSSc3ccc(-c4ccccc4)cc3)cc2)cc1. The first-order valence-corrected chi connectivity index (χ1v) is 12.2. The highest BCUT2D eigenvalue weighted by atomic mass is 33.5. The van der Waals surface area contributed by atoms with E-state index in [1.807, 2.05) is 12.1 Å². The summed E-state index contributed by atoms with van der Waals surface area (Å²) in [5, 5.41) is 0. The summed E-state index contributed by atoms with van der Waals surface area (Å²) in [5.74, 6) is 0. The van der Waals surface area contributed by atoms with Crippen LogP contribution >= 0.6 is 31.4 Å². The van der Waals surface area contributed by atoms with E-state index in [9.17, 15) is 0 Å². The molecule has 0 radical (unpaired) electrons. The standard InChI is InChI=1S/C24H18S3/c1-3-7-19(8-4-1)21-11-15-23(16-12-21)25-27-26-24-17-13-22(14-18-24)20-9-5-2-6-10-20/h1-18H. The van der Waals surface area contributed by atoms with Gasteiger partial charge < -0.3 is 0 Å². The van der Waals surface area contributed by atoms with Gasteiger partial charge in [-0.05, 0) is 77.9 Å². The fourth-order valence-electron chi connectivity index (χ4n) is 2.76. The number of rotatable bonds is 6. The first-order valence-electron chi connectivity index (χ1n) is 8.71. The Morgan fingerprint density at radius 2 is 0.667 bits per heavy atom. The lowest BCUT2D eigenvalue weighted by Gasteiger charge is -2.05. The van der Waals surface area contributed by atoms with Gasteiger partial charge in [0.2, 0.25) is 0 Å². The summed E-state index contributed by atoms with van der Waals surface area (Å²) in [6.07, 6.45) is 0.